The number of halogens is 2. The van der Waals surface area contributed by atoms with Crippen molar-refractivity contribution in [1.29, 1.82) is 5.26 Å². The summed E-state index contributed by atoms with van der Waals surface area (Å²) < 4.78 is 26.2. The van der Waals surface area contributed by atoms with Gasteiger partial charge in [0.15, 0.2) is 0 Å². The number of hydrogen-bond donors (Lipinski definition) is 1. The van der Waals surface area contributed by atoms with Crippen molar-refractivity contribution in [2.24, 2.45) is 5.73 Å². The van der Waals surface area contributed by atoms with E-state index in [4.69, 9.17) is 22.6 Å². The third kappa shape index (κ3) is 3.43. The Kier molecular flexibility index (Phi) is 5.80. The molecule has 0 amide bonds. The molecular formula is C12H15Cl2N3O2S. The molecule has 0 aliphatic carbocycles. The van der Waals surface area contributed by atoms with E-state index in [0.29, 0.717) is 13.1 Å². The van der Waals surface area contributed by atoms with E-state index in [0.717, 1.165) is 12.8 Å². The Morgan fingerprint density at radius 3 is 2.70 bits per heavy atom. The van der Waals surface area contributed by atoms with E-state index in [9.17, 15) is 8.42 Å². The van der Waals surface area contributed by atoms with E-state index in [1.807, 2.05) is 6.07 Å². The van der Waals surface area contributed by atoms with E-state index in [-0.39, 0.29) is 33.9 Å². The maximum absolute atomic E-state index is 12.4. The van der Waals surface area contributed by atoms with Crippen molar-refractivity contribution in [3.63, 3.8) is 0 Å². The third-order valence-corrected chi connectivity index (χ3v) is 5.29. The zero-order chi connectivity index (χ0) is 14.0. The van der Waals surface area contributed by atoms with Crippen LogP contribution in [0.25, 0.3) is 0 Å². The molecule has 0 saturated carbocycles. The van der Waals surface area contributed by atoms with E-state index in [2.05, 4.69) is 0 Å². The lowest BCUT2D eigenvalue weighted by Gasteiger charge is -2.29. The van der Waals surface area contributed by atoms with Gasteiger partial charge >= 0.3 is 0 Å². The second-order valence-corrected chi connectivity index (χ2v) is 6.86. The van der Waals surface area contributed by atoms with Gasteiger partial charge in [-0.05, 0) is 31.0 Å². The molecule has 1 unspecified atom stereocenters. The number of rotatable bonds is 2. The first kappa shape index (κ1) is 17.2. The monoisotopic (exact) mass is 335 g/mol. The molecule has 1 aromatic rings. The molecule has 1 aliphatic heterocycles. The molecule has 1 aromatic carbocycles. The minimum atomic E-state index is -3.58. The van der Waals surface area contributed by atoms with Crippen molar-refractivity contribution in [3.8, 4) is 6.07 Å². The number of nitriles is 1. The van der Waals surface area contributed by atoms with Crippen molar-refractivity contribution < 1.29 is 8.42 Å². The van der Waals surface area contributed by atoms with E-state index >= 15 is 0 Å². The molecule has 1 fully saturated rings. The highest BCUT2D eigenvalue weighted by atomic mass is 35.5. The summed E-state index contributed by atoms with van der Waals surface area (Å²) in [4.78, 5) is 0.102. The van der Waals surface area contributed by atoms with Gasteiger partial charge in [0.1, 0.15) is 6.07 Å². The molecule has 2 N–H and O–H groups in total. The molecule has 1 heterocycles. The van der Waals surface area contributed by atoms with Crippen LogP contribution in [-0.4, -0.2) is 31.9 Å². The van der Waals surface area contributed by atoms with Crippen LogP contribution in [0.5, 0.6) is 0 Å². The van der Waals surface area contributed by atoms with Crippen molar-refractivity contribution in [2.45, 2.75) is 23.8 Å². The molecule has 5 nitrogen and oxygen atoms in total. The van der Waals surface area contributed by atoms with Crippen LogP contribution < -0.4 is 5.73 Å². The van der Waals surface area contributed by atoms with E-state index in [1.165, 1.54) is 22.5 Å². The highest BCUT2D eigenvalue weighted by Gasteiger charge is 2.29. The van der Waals surface area contributed by atoms with Gasteiger partial charge in [-0.15, -0.1) is 12.4 Å². The number of piperidine rings is 1. The van der Waals surface area contributed by atoms with Gasteiger partial charge in [0, 0.05) is 19.1 Å². The summed E-state index contributed by atoms with van der Waals surface area (Å²) in [5.41, 5.74) is 6.06. The number of hydrogen-bond acceptors (Lipinski definition) is 4. The quantitative estimate of drug-likeness (QED) is 0.891. The summed E-state index contributed by atoms with van der Waals surface area (Å²) in [5, 5.41) is 8.93. The molecule has 20 heavy (non-hydrogen) atoms. The van der Waals surface area contributed by atoms with Crippen LogP contribution in [0, 0.1) is 11.3 Å². The Morgan fingerprint density at radius 1 is 1.45 bits per heavy atom. The Bertz CT molecular complexity index is 628. The van der Waals surface area contributed by atoms with E-state index < -0.39 is 10.0 Å². The molecule has 0 aromatic heterocycles. The molecule has 1 saturated heterocycles. The Labute approximate surface area is 129 Å². The maximum atomic E-state index is 12.4. The smallest absolute Gasteiger partial charge is 0.243 e. The van der Waals surface area contributed by atoms with Crippen LogP contribution in [-0.2, 0) is 10.0 Å². The number of nitrogens with two attached hydrogens (primary N) is 1. The number of sulfonamides is 1. The van der Waals surface area contributed by atoms with Gasteiger partial charge in [0.25, 0.3) is 0 Å². The first-order valence-corrected chi connectivity index (χ1v) is 7.72. The lowest BCUT2D eigenvalue weighted by molar-refractivity contribution is 0.316. The minimum absolute atomic E-state index is 0. The minimum Gasteiger partial charge on any atom is -0.327 e. The summed E-state index contributed by atoms with van der Waals surface area (Å²) in [6.45, 7) is 0.785. The number of benzene rings is 1. The second kappa shape index (κ2) is 6.74. The van der Waals surface area contributed by atoms with Crippen LogP contribution in [0.2, 0.25) is 5.02 Å². The Balaban J connectivity index is 0.00000200. The summed E-state index contributed by atoms with van der Waals surface area (Å²) in [5.74, 6) is 0. The standard InChI is InChI=1S/C12H14ClN3O2S.ClH/c13-12-6-11(4-3-9(12)7-14)19(17,18)16-5-1-2-10(15)8-16;/h3-4,6,10H,1-2,5,8,15H2;1H. The molecule has 2 rings (SSSR count). The molecule has 0 spiro atoms. The van der Waals surface area contributed by atoms with Gasteiger partial charge in [-0.25, -0.2) is 8.42 Å². The summed E-state index contributed by atoms with van der Waals surface area (Å²) >= 11 is 5.87. The Morgan fingerprint density at radius 2 is 2.15 bits per heavy atom. The van der Waals surface area contributed by atoms with Crippen molar-refractivity contribution >= 4 is 34.0 Å². The van der Waals surface area contributed by atoms with E-state index in [1.54, 1.807) is 0 Å². The topological polar surface area (TPSA) is 87.2 Å². The van der Waals surface area contributed by atoms with Crippen molar-refractivity contribution in [2.75, 3.05) is 13.1 Å². The van der Waals surface area contributed by atoms with Gasteiger partial charge in [0.2, 0.25) is 10.0 Å². The van der Waals surface area contributed by atoms with Crippen LogP contribution >= 0.6 is 24.0 Å². The molecule has 0 radical (unpaired) electrons. The predicted octanol–water partition coefficient (Wildman–Crippen LogP) is 1.75. The van der Waals surface area contributed by atoms with Crippen LogP contribution in [0.4, 0.5) is 0 Å². The summed E-state index contributed by atoms with van der Waals surface area (Å²) in [6, 6.07) is 5.91. The molecule has 1 aliphatic rings. The predicted molar refractivity (Wildman–Crippen MR) is 79.4 cm³/mol. The summed E-state index contributed by atoms with van der Waals surface area (Å²) in [7, 11) is -3.58. The Hall–Kier alpha value is -0.840. The average Bonchev–Trinajstić information content (AvgIpc) is 2.38. The lowest BCUT2D eigenvalue weighted by atomic mass is 10.1. The van der Waals surface area contributed by atoms with Gasteiger partial charge in [-0.1, -0.05) is 11.6 Å². The molecule has 8 heteroatoms. The average molecular weight is 336 g/mol. The molecular weight excluding hydrogens is 321 g/mol. The largest absolute Gasteiger partial charge is 0.327 e. The molecule has 110 valence electrons. The number of nitrogens with zero attached hydrogens (tertiary/aromatic N) is 2. The fourth-order valence-electron chi connectivity index (χ4n) is 2.09. The van der Waals surface area contributed by atoms with Crippen LogP contribution in [0.15, 0.2) is 23.1 Å². The van der Waals surface area contributed by atoms with Gasteiger partial charge in [-0.2, -0.15) is 9.57 Å². The van der Waals surface area contributed by atoms with Crippen LogP contribution in [0.1, 0.15) is 18.4 Å². The van der Waals surface area contributed by atoms with Crippen molar-refractivity contribution in [3.05, 3.63) is 28.8 Å². The normalized spacial score (nSPS) is 19.9. The van der Waals surface area contributed by atoms with Crippen LogP contribution in [0.3, 0.4) is 0 Å². The van der Waals surface area contributed by atoms with Gasteiger partial charge in [-0.3, -0.25) is 0 Å². The highest BCUT2D eigenvalue weighted by molar-refractivity contribution is 7.89. The maximum Gasteiger partial charge on any atom is 0.243 e. The molecule has 1 atom stereocenters. The zero-order valence-corrected chi connectivity index (χ0v) is 13.0. The molecule has 0 bridgehead atoms. The first-order chi connectivity index (χ1) is 8.95. The second-order valence-electron chi connectivity index (χ2n) is 4.52. The van der Waals surface area contributed by atoms with Gasteiger partial charge < -0.3 is 5.73 Å². The fourth-order valence-corrected chi connectivity index (χ4v) is 3.94. The SMILES string of the molecule is Cl.N#Cc1ccc(S(=O)(=O)N2CCCC(N)C2)cc1Cl. The first-order valence-electron chi connectivity index (χ1n) is 5.90. The van der Waals surface area contributed by atoms with Crippen molar-refractivity contribution in [1.82, 2.24) is 4.31 Å². The summed E-state index contributed by atoms with van der Waals surface area (Å²) in [6.07, 6.45) is 1.59. The highest BCUT2D eigenvalue weighted by Crippen LogP contribution is 2.24. The van der Waals surface area contributed by atoms with Gasteiger partial charge in [0.05, 0.1) is 15.5 Å². The lowest BCUT2D eigenvalue weighted by Crippen LogP contribution is -2.45. The zero-order valence-electron chi connectivity index (χ0n) is 10.6. The fraction of sp³-hybridized carbons (Fsp3) is 0.417. The third-order valence-electron chi connectivity index (χ3n) is 3.12.